The lowest BCUT2D eigenvalue weighted by atomic mass is 10.3. The molecule has 24 heavy (non-hydrogen) atoms. The molecule has 0 fully saturated rings. The Morgan fingerprint density at radius 2 is 1.79 bits per heavy atom. The van der Waals surface area contributed by atoms with Crippen LogP contribution in [-0.4, -0.2) is 43.9 Å². The van der Waals surface area contributed by atoms with E-state index in [1.165, 1.54) is 17.8 Å². The molecule has 0 spiro atoms. The highest BCUT2D eigenvalue weighted by Gasteiger charge is 2.11. The average Bonchev–Trinajstić information content (AvgIpc) is 2.61. The van der Waals surface area contributed by atoms with Crippen molar-refractivity contribution >= 4 is 17.7 Å². The molecule has 2 aromatic carbocycles. The van der Waals surface area contributed by atoms with Gasteiger partial charge in [0.2, 0.25) is 5.91 Å². The molecule has 6 heteroatoms. The summed E-state index contributed by atoms with van der Waals surface area (Å²) in [6.45, 7) is 0.849. The van der Waals surface area contributed by atoms with Crippen LogP contribution in [0.15, 0.2) is 53.4 Å². The van der Waals surface area contributed by atoms with E-state index in [9.17, 15) is 9.18 Å². The van der Waals surface area contributed by atoms with E-state index in [4.69, 9.17) is 9.47 Å². The lowest BCUT2D eigenvalue weighted by Crippen LogP contribution is -2.32. The van der Waals surface area contributed by atoms with E-state index in [-0.39, 0.29) is 17.5 Å². The van der Waals surface area contributed by atoms with Crippen molar-refractivity contribution in [2.75, 3.05) is 33.1 Å². The topological polar surface area (TPSA) is 38.8 Å². The third-order valence-electron chi connectivity index (χ3n) is 3.37. The Labute approximate surface area is 145 Å². The summed E-state index contributed by atoms with van der Waals surface area (Å²) in [7, 11) is 3.32. The summed E-state index contributed by atoms with van der Waals surface area (Å²) in [5.41, 5.74) is 0. The van der Waals surface area contributed by atoms with Crippen LogP contribution in [0.1, 0.15) is 0 Å². The number of methoxy groups -OCH3 is 1. The molecule has 0 aromatic heterocycles. The second-order valence-electron chi connectivity index (χ2n) is 5.06. The molecule has 0 N–H and O–H groups in total. The van der Waals surface area contributed by atoms with Crippen LogP contribution in [0.25, 0.3) is 0 Å². The van der Waals surface area contributed by atoms with Crippen molar-refractivity contribution in [3.8, 4) is 11.5 Å². The van der Waals surface area contributed by atoms with Crippen LogP contribution < -0.4 is 9.47 Å². The van der Waals surface area contributed by atoms with Crippen LogP contribution in [-0.2, 0) is 4.79 Å². The molecule has 0 atom stereocenters. The van der Waals surface area contributed by atoms with Crippen molar-refractivity contribution in [3.05, 3.63) is 54.3 Å². The molecule has 0 aliphatic rings. The molecule has 0 saturated carbocycles. The summed E-state index contributed by atoms with van der Waals surface area (Å²) in [4.78, 5) is 14.1. The molecule has 2 rings (SSSR count). The molecular formula is C18H20FNO3S. The second-order valence-corrected chi connectivity index (χ2v) is 6.08. The largest absolute Gasteiger partial charge is 0.497 e. The van der Waals surface area contributed by atoms with Gasteiger partial charge in [-0.15, -0.1) is 11.8 Å². The Morgan fingerprint density at radius 3 is 2.46 bits per heavy atom. The Balaban J connectivity index is 1.72. The number of halogens is 1. The van der Waals surface area contributed by atoms with Gasteiger partial charge in [-0.3, -0.25) is 4.79 Å². The van der Waals surface area contributed by atoms with Gasteiger partial charge in [0.25, 0.3) is 0 Å². The number of rotatable bonds is 8. The molecule has 0 saturated heterocycles. The zero-order chi connectivity index (χ0) is 17.4. The number of carbonyl (C=O) groups is 1. The first-order valence-corrected chi connectivity index (χ1v) is 8.47. The number of hydrogen-bond donors (Lipinski definition) is 0. The first kappa shape index (κ1) is 18.1. The highest BCUT2D eigenvalue weighted by molar-refractivity contribution is 8.00. The van der Waals surface area contributed by atoms with E-state index in [0.29, 0.717) is 18.0 Å². The predicted molar refractivity (Wildman–Crippen MR) is 93.3 cm³/mol. The van der Waals surface area contributed by atoms with Gasteiger partial charge in [-0.05, 0) is 36.4 Å². The Kier molecular flexibility index (Phi) is 6.93. The predicted octanol–water partition coefficient (Wildman–Crippen LogP) is 3.46. The summed E-state index contributed by atoms with van der Waals surface area (Å²) in [5.74, 6) is 1.31. The van der Waals surface area contributed by atoms with Gasteiger partial charge >= 0.3 is 0 Å². The normalized spacial score (nSPS) is 10.3. The van der Waals surface area contributed by atoms with Gasteiger partial charge in [-0.25, -0.2) is 4.39 Å². The zero-order valence-electron chi connectivity index (χ0n) is 13.7. The highest BCUT2D eigenvalue weighted by Crippen LogP contribution is 2.21. The lowest BCUT2D eigenvalue weighted by Gasteiger charge is -2.17. The maximum absolute atomic E-state index is 13.5. The first-order chi connectivity index (χ1) is 11.6. The standard InChI is InChI=1S/C18H20FNO3S/c1-20(11-12-23-15-9-7-14(22-2)8-10-15)18(21)13-24-17-6-4-3-5-16(17)19/h3-10H,11-13H2,1-2H3. The molecule has 0 bridgehead atoms. The van der Waals surface area contributed by atoms with Crippen molar-refractivity contribution in [2.24, 2.45) is 0 Å². The Morgan fingerprint density at radius 1 is 1.12 bits per heavy atom. The number of hydrogen-bond acceptors (Lipinski definition) is 4. The number of carbonyl (C=O) groups excluding carboxylic acids is 1. The molecule has 0 heterocycles. The van der Waals surface area contributed by atoms with Crippen molar-refractivity contribution < 1.29 is 18.7 Å². The number of likely N-dealkylation sites (N-methyl/N-ethyl adjacent to an activating group) is 1. The van der Waals surface area contributed by atoms with Crippen LogP contribution in [0.3, 0.4) is 0 Å². The van der Waals surface area contributed by atoms with Gasteiger partial charge < -0.3 is 14.4 Å². The molecule has 0 radical (unpaired) electrons. The molecule has 4 nitrogen and oxygen atoms in total. The minimum Gasteiger partial charge on any atom is -0.497 e. The van der Waals surface area contributed by atoms with Crippen molar-refractivity contribution in [3.63, 3.8) is 0 Å². The molecule has 1 amide bonds. The molecule has 0 aliphatic heterocycles. The second kappa shape index (κ2) is 9.17. The van der Waals surface area contributed by atoms with E-state index in [2.05, 4.69) is 0 Å². The van der Waals surface area contributed by atoms with E-state index in [1.54, 1.807) is 37.3 Å². The number of ether oxygens (including phenoxy) is 2. The van der Waals surface area contributed by atoms with Crippen LogP contribution in [0.4, 0.5) is 4.39 Å². The average molecular weight is 349 g/mol. The third-order valence-corrected chi connectivity index (χ3v) is 4.40. The maximum atomic E-state index is 13.5. The SMILES string of the molecule is COc1ccc(OCCN(C)C(=O)CSc2ccccc2F)cc1. The fraction of sp³-hybridized carbons (Fsp3) is 0.278. The van der Waals surface area contributed by atoms with E-state index >= 15 is 0 Å². The monoisotopic (exact) mass is 349 g/mol. The van der Waals surface area contributed by atoms with Crippen LogP contribution in [0.5, 0.6) is 11.5 Å². The summed E-state index contributed by atoms with van der Waals surface area (Å²) in [5, 5.41) is 0. The molecule has 0 unspecified atom stereocenters. The third kappa shape index (κ3) is 5.45. The lowest BCUT2D eigenvalue weighted by molar-refractivity contribution is -0.127. The van der Waals surface area contributed by atoms with Gasteiger partial charge in [0, 0.05) is 11.9 Å². The van der Waals surface area contributed by atoms with Crippen LogP contribution in [0, 0.1) is 5.82 Å². The molecule has 2 aromatic rings. The molecular weight excluding hydrogens is 329 g/mol. The van der Waals surface area contributed by atoms with Crippen LogP contribution >= 0.6 is 11.8 Å². The van der Waals surface area contributed by atoms with Crippen molar-refractivity contribution in [2.45, 2.75) is 4.90 Å². The van der Waals surface area contributed by atoms with Crippen LogP contribution in [0.2, 0.25) is 0 Å². The van der Waals surface area contributed by atoms with Gasteiger partial charge in [-0.1, -0.05) is 12.1 Å². The smallest absolute Gasteiger partial charge is 0.232 e. The number of benzene rings is 2. The van der Waals surface area contributed by atoms with Crippen molar-refractivity contribution in [1.82, 2.24) is 4.90 Å². The fourth-order valence-corrected chi connectivity index (χ4v) is 2.79. The highest BCUT2D eigenvalue weighted by atomic mass is 32.2. The van der Waals surface area contributed by atoms with Gasteiger partial charge in [0.05, 0.1) is 19.4 Å². The van der Waals surface area contributed by atoms with E-state index in [1.807, 2.05) is 24.3 Å². The van der Waals surface area contributed by atoms with Gasteiger partial charge in [-0.2, -0.15) is 0 Å². The summed E-state index contributed by atoms with van der Waals surface area (Å²) < 4.78 is 24.2. The maximum Gasteiger partial charge on any atom is 0.232 e. The van der Waals surface area contributed by atoms with Crippen molar-refractivity contribution in [1.29, 1.82) is 0 Å². The number of nitrogens with zero attached hydrogens (tertiary/aromatic N) is 1. The first-order valence-electron chi connectivity index (χ1n) is 7.48. The van der Waals surface area contributed by atoms with E-state index in [0.717, 1.165) is 11.5 Å². The number of amides is 1. The zero-order valence-corrected chi connectivity index (χ0v) is 14.5. The van der Waals surface area contributed by atoms with Gasteiger partial charge in [0.15, 0.2) is 0 Å². The van der Waals surface area contributed by atoms with E-state index < -0.39 is 0 Å². The fourth-order valence-electron chi connectivity index (χ4n) is 1.91. The Hall–Kier alpha value is -2.21. The molecule has 128 valence electrons. The molecule has 0 aliphatic carbocycles. The number of thioether (sulfide) groups is 1. The summed E-state index contributed by atoms with van der Waals surface area (Å²) in [6, 6.07) is 13.7. The summed E-state index contributed by atoms with van der Waals surface area (Å²) >= 11 is 1.20. The summed E-state index contributed by atoms with van der Waals surface area (Å²) in [6.07, 6.45) is 0. The minimum absolute atomic E-state index is 0.0680. The minimum atomic E-state index is -0.305. The Bertz CT molecular complexity index is 664. The quantitative estimate of drug-likeness (QED) is 0.684. The van der Waals surface area contributed by atoms with Gasteiger partial charge in [0.1, 0.15) is 23.9 Å².